The molecule has 4 aromatic rings. The van der Waals surface area contributed by atoms with E-state index in [9.17, 15) is 4.79 Å². The van der Waals surface area contributed by atoms with Crippen molar-refractivity contribution >= 4 is 52.5 Å². The number of hydrogen-bond donors (Lipinski definition) is 1. The van der Waals surface area contributed by atoms with Gasteiger partial charge in [0.1, 0.15) is 5.38 Å². The van der Waals surface area contributed by atoms with E-state index in [1.165, 1.54) is 22.9 Å². The van der Waals surface area contributed by atoms with Crippen molar-refractivity contribution in [3.63, 3.8) is 0 Å². The highest BCUT2D eigenvalue weighted by molar-refractivity contribution is 7.98. The Hall–Kier alpha value is -2.51. The lowest BCUT2D eigenvalue weighted by Gasteiger charge is -2.14. The molecule has 34 heavy (non-hydrogen) atoms. The Morgan fingerprint density at radius 1 is 1.03 bits per heavy atom. The minimum atomic E-state index is -0.817. The quantitative estimate of drug-likeness (QED) is 0.201. The number of rotatable bonds is 8. The first-order chi connectivity index (χ1) is 16.4. The van der Waals surface area contributed by atoms with Crippen molar-refractivity contribution in [2.45, 2.75) is 29.8 Å². The van der Waals surface area contributed by atoms with E-state index >= 15 is 0 Å². The summed E-state index contributed by atoms with van der Waals surface area (Å²) in [5, 5.41) is 12.4. The Morgan fingerprint density at radius 2 is 1.76 bits per heavy atom. The van der Waals surface area contributed by atoms with Gasteiger partial charge in [-0.15, -0.1) is 21.8 Å². The summed E-state index contributed by atoms with van der Waals surface area (Å²) in [7, 11) is 0. The lowest BCUT2D eigenvalue weighted by Crippen LogP contribution is -2.28. The number of nitrogens with zero attached hydrogens (tertiary/aromatic N) is 3. The Balaban J connectivity index is 1.60. The molecule has 0 radical (unpaired) electrons. The van der Waals surface area contributed by atoms with E-state index in [-0.39, 0.29) is 12.5 Å². The molecule has 5 nitrogen and oxygen atoms in total. The monoisotopic (exact) mass is 530 g/mol. The number of carbonyl (C=O) groups is 1. The fourth-order valence-electron chi connectivity index (χ4n) is 3.35. The highest BCUT2D eigenvalue weighted by atomic mass is 35.5. The highest BCUT2D eigenvalue weighted by Gasteiger charge is 2.21. The van der Waals surface area contributed by atoms with Crippen molar-refractivity contribution in [3.05, 3.63) is 105 Å². The maximum atomic E-state index is 12.7. The molecule has 4 rings (SSSR count). The van der Waals surface area contributed by atoms with Crippen molar-refractivity contribution in [2.24, 2.45) is 0 Å². The normalized spacial score (nSPS) is 11.9. The summed E-state index contributed by atoms with van der Waals surface area (Å²) in [6.45, 7) is 2.19. The van der Waals surface area contributed by atoms with Crippen LogP contribution in [0.25, 0.3) is 5.69 Å². The van der Waals surface area contributed by atoms with Crippen molar-refractivity contribution in [3.8, 4) is 5.69 Å². The molecule has 0 bridgehead atoms. The van der Waals surface area contributed by atoms with E-state index in [1.807, 2.05) is 47.0 Å². The molecule has 0 fully saturated rings. The number of thioether (sulfide) groups is 1. The number of amides is 1. The number of aromatic nitrogens is 3. The van der Waals surface area contributed by atoms with E-state index in [4.69, 9.17) is 34.8 Å². The van der Waals surface area contributed by atoms with Gasteiger partial charge < -0.3 is 5.32 Å². The zero-order valence-electron chi connectivity index (χ0n) is 18.2. The first kappa shape index (κ1) is 24.6. The maximum absolute atomic E-state index is 12.7. The Labute approximate surface area is 217 Å². The Bertz CT molecular complexity index is 1300. The molecule has 3 aromatic carbocycles. The average Bonchev–Trinajstić information content (AvgIpc) is 3.26. The number of benzene rings is 3. The van der Waals surface area contributed by atoms with Crippen LogP contribution in [-0.2, 0) is 17.1 Å². The number of hydrogen-bond acceptors (Lipinski definition) is 4. The molecule has 0 aliphatic heterocycles. The molecule has 0 saturated carbocycles. The number of alkyl halides is 1. The second-order valence-corrected chi connectivity index (χ2v) is 9.76. The van der Waals surface area contributed by atoms with Crippen LogP contribution in [0, 0.1) is 6.92 Å². The average molecular weight is 532 g/mol. The fraction of sp³-hybridized carbons (Fsp3) is 0.160. The van der Waals surface area contributed by atoms with Gasteiger partial charge in [0.05, 0.1) is 17.3 Å². The van der Waals surface area contributed by atoms with Gasteiger partial charge in [0.25, 0.3) is 0 Å². The van der Waals surface area contributed by atoms with Crippen LogP contribution < -0.4 is 5.32 Å². The summed E-state index contributed by atoms with van der Waals surface area (Å²) in [6.07, 6.45) is 0. The van der Waals surface area contributed by atoms with Gasteiger partial charge in [-0.25, -0.2) is 0 Å². The van der Waals surface area contributed by atoms with E-state index in [0.717, 1.165) is 5.56 Å². The van der Waals surface area contributed by atoms with Crippen LogP contribution in [0.5, 0.6) is 0 Å². The topological polar surface area (TPSA) is 59.8 Å². The molecular formula is C25H21Cl3N4OS. The molecule has 0 aliphatic rings. The number of nitrogens with one attached hydrogen (secondary N) is 1. The van der Waals surface area contributed by atoms with Gasteiger partial charge in [-0.3, -0.25) is 9.36 Å². The molecule has 1 amide bonds. The Kier molecular flexibility index (Phi) is 8.16. The van der Waals surface area contributed by atoms with E-state index < -0.39 is 5.38 Å². The van der Waals surface area contributed by atoms with E-state index in [1.54, 1.807) is 18.2 Å². The third kappa shape index (κ3) is 5.76. The van der Waals surface area contributed by atoms with Crippen LogP contribution in [0.1, 0.15) is 27.9 Å². The summed E-state index contributed by atoms with van der Waals surface area (Å²) in [5.74, 6) is 0.892. The fourth-order valence-corrected chi connectivity index (χ4v) is 4.98. The van der Waals surface area contributed by atoms with Crippen LogP contribution in [0.4, 0.5) is 0 Å². The summed E-state index contributed by atoms with van der Waals surface area (Å²) in [4.78, 5) is 12.7. The van der Waals surface area contributed by atoms with Crippen LogP contribution >= 0.6 is 46.6 Å². The van der Waals surface area contributed by atoms with Gasteiger partial charge in [-0.1, -0.05) is 89.6 Å². The lowest BCUT2D eigenvalue weighted by atomic mass is 10.1. The summed E-state index contributed by atoms with van der Waals surface area (Å²) in [5.41, 5.74) is 3.75. The summed E-state index contributed by atoms with van der Waals surface area (Å²) >= 11 is 20.7. The number of carbonyl (C=O) groups excluding carboxylic acids is 1. The van der Waals surface area contributed by atoms with E-state index in [2.05, 4.69) is 34.6 Å². The van der Waals surface area contributed by atoms with Gasteiger partial charge in [0.2, 0.25) is 5.91 Å². The van der Waals surface area contributed by atoms with Gasteiger partial charge in [-0.2, -0.15) is 0 Å². The largest absolute Gasteiger partial charge is 0.347 e. The smallest absolute Gasteiger partial charge is 0.242 e. The molecule has 174 valence electrons. The van der Waals surface area contributed by atoms with Gasteiger partial charge >= 0.3 is 0 Å². The number of halogens is 3. The summed E-state index contributed by atoms with van der Waals surface area (Å²) in [6, 6.07) is 22.6. The van der Waals surface area contributed by atoms with Gasteiger partial charge in [-0.05, 0) is 41.8 Å². The van der Waals surface area contributed by atoms with Crippen molar-refractivity contribution in [2.75, 3.05) is 0 Å². The molecule has 1 aromatic heterocycles. The highest BCUT2D eigenvalue weighted by Crippen LogP contribution is 2.31. The molecule has 1 atom stereocenters. The van der Waals surface area contributed by atoms with Crippen molar-refractivity contribution in [1.82, 2.24) is 20.1 Å². The summed E-state index contributed by atoms with van der Waals surface area (Å²) < 4.78 is 1.82. The molecule has 0 saturated heterocycles. The zero-order valence-corrected chi connectivity index (χ0v) is 21.3. The van der Waals surface area contributed by atoms with Crippen LogP contribution in [0.15, 0.2) is 78.0 Å². The maximum Gasteiger partial charge on any atom is 0.242 e. The first-order valence-electron chi connectivity index (χ1n) is 10.5. The van der Waals surface area contributed by atoms with Crippen molar-refractivity contribution < 1.29 is 4.79 Å². The first-order valence-corrected chi connectivity index (χ1v) is 12.7. The second kappa shape index (κ2) is 11.3. The molecule has 1 N–H and O–H groups in total. The molecule has 1 unspecified atom stereocenters. The zero-order chi connectivity index (χ0) is 24.1. The van der Waals surface area contributed by atoms with Gasteiger partial charge in [0.15, 0.2) is 11.0 Å². The third-order valence-corrected chi connectivity index (χ3v) is 7.19. The minimum absolute atomic E-state index is 0.121. The molecule has 9 heteroatoms. The van der Waals surface area contributed by atoms with Crippen LogP contribution in [0.2, 0.25) is 10.0 Å². The molecular weight excluding hydrogens is 511 g/mol. The molecule has 0 spiro atoms. The SMILES string of the molecule is Cc1ccccc1CSc1nnc(CNC(=O)C(Cl)c2ccccc2)n1-c1cc(Cl)ccc1Cl. The third-order valence-electron chi connectivity index (χ3n) is 5.21. The Morgan fingerprint density at radius 3 is 2.53 bits per heavy atom. The lowest BCUT2D eigenvalue weighted by molar-refractivity contribution is -0.121. The standard InChI is InChI=1S/C25H21Cl3N4OS/c1-16-7-5-6-10-18(16)15-34-25-31-30-22(32(25)21-13-19(26)11-12-20(21)27)14-29-24(33)23(28)17-8-3-2-4-9-17/h2-13,23H,14-15H2,1H3,(H,29,33). The van der Waals surface area contributed by atoms with E-state index in [0.29, 0.717) is 32.5 Å². The molecule has 0 aliphatic carbocycles. The predicted octanol–water partition coefficient (Wildman–Crippen LogP) is 6.77. The van der Waals surface area contributed by atoms with Crippen LogP contribution in [0.3, 0.4) is 0 Å². The van der Waals surface area contributed by atoms with Crippen LogP contribution in [-0.4, -0.2) is 20.7 Å². The minimum Gasteiger partial charge on any atom is -0.347 e. The predicted molar refractivity (Wildman–Crippen MR) is 139 cm³/mol. The second-order valence-electron chi connectivity index (χ2n) is 7.54. The van der Waals surface area contributed by atoms with Gasteiger partial charge in [0, 0.05) is 10.8 Å². The van der Waals surface area contributed by atoms with Crippen molar-refractivity contribution in [1.29, 1.82) is 0 Å². The molecule has 1 heterocycles. The number of aryl methyl sites for hydroxylation is 1.